The minimum absolute atomic E-state index is 0.181. The fraction of sp³-hybridized carbons (Fsp3) is 0.958. The van der Waals surface area contributed by atoms with Crippen LogP contribution in [0.2, 0.25) is 0 Å². The number of carbonyl (C=O) groups is 1. The van der Waals surface area contributed by atoms with E-state index >= 15 is 0 Å². The molecule has 2 spiro atoms. The van der Waals surface area contributed by atoms with E-state index in [-0.39, 0.29) is 5.91 Å². The summed E-state index contributed by atoms with van der Waals surface area (Å²) in [6, 6.07) is 0.610. The molecule has 6 aliphatic carbocycles. The molecule has 30 heavy (non-hydrogen) atoms. The molecule has 4 bridgehead atoms. The molecule has 3 N–H and O–H groups in total. The first-order valence-electron chi connectivity index (χ1n) is 12.6. The largest absolute Gasteiger partial charge is 0.353 e. The summed E-state index contributed by atoms with van der Waals surface area (Å²) in [7, 11) is 0. The van der Waals surface area contributed by atoms with Crippen LogP contribution in [0.1, 0.15) is 89.9 Å². The third-order valence-corrected chi connectivity index (χ3v) is 9.33. The van der Waals surface area contributed by atoms with Crippen molar-refractivity contribution in [3.05, 3.63) is 0 Å². The van der Waals surface area contributed by atoms with Crippen molar-refractivity contribution in [1.82, 2.24) is 5.32 Å². The molecule has 168 valence electrons. The summed E-state index contributed by atoms with van der Waals surface area (Å²) >= 11 is 0. The topological polar surface area (TPSA) is 82.8 Å². The van der Waals surface area contributed by atoms with Gasteiger partial charge in [-0.2, -0.15) is 9.78 Å². The molecule has 7 aliphatic rings. The van der Waals surface area contributed by atoms with Crippen molar-refractivity contribution in [2.75, 3.05) is 0 Å². The second-order valence-corrected chi connectivity index (χ2v) is 11.6. The highest BCUT2D eigenvalue weighted by molar-refractivity contribution is 5.76. The zero-order chi connectivity index (χ0) is 20.3. The monoisotopic (exact) mass is 418 g/mol. The van der Waals surface area contributed by atoms with E-state index in [1.54, 1.807) is 0 Å². The van der Waals surface area contributed by atoms with Gasteiger partial charge in [0.15, 0.2) is 0 Å². The average molecular weight is 419 g/mol. The number of hydrogen-bond acceptors (Lipinski definition) is 5. The Balaban J connectivity index is 1.08. The Bertz CT molecular complexity index is 648. The van der Waals surface area contributed by atoms with Gasteiger partial charge in [-0.15, -0.1) is 0 Å². The van der Waals surface area contributed by atoms with Gasteiger partial charge in [-0.1, -0.05) is 0 Å². The zero-order valence-electron chi connectivity index (χ0n) is 18.2. The minimum Gasteiger partial charge on any atom is -0.353 e. The Kier molecular flexibility index (Phi) is 4.94. The lowest BCUT2D eigenvalue weighted by atomic mass is 9.53. The highest BCUT2D eigenvalue weighted by atomic mass is 17.3. The van der Waals surface area contributed by atoms with Gasteiger partial charge in [0.1, 0.15) is 0 Å². The summed E-state index contributed by atoms with van der Waals surface area (Å²) in [6.07, 6.45) is 14.8. The van der Waals surface area contributed by atoms with Crippen molar-refractivity contribution in [2.45, 2.75) is 114 Å². The molecule has 6 heteroatoms. The lowest BCUT2D eigenvalue weighted by Crippen LogP contribution is -2.59. The molecule has 7 fully saturated rings. The molecule has 1 amide bonds. The molecule has 2 unspecified atom stereocenters. The highest BCUT2D eigenvalue weighted by Gasteiger charge is 2.67. The van der Waals surface area contributed by atoms with E-state index in [0.29, 0.717) is 36.3 Å². The van der Waals surface area contributed by atoms with Gasteiger partial charge in [0.25, 0.3) is 0 Å². The second-order valence-electron chi connectivity index (χ2n) is 11.6. The van der Waals surface area contributed by atoms with Crippen molar-refractivity contribution < 1.29 is 19.3 Å². The average Bonchev–Trinajstić information content (AvgIpc) is 3.07. The van der Waals surface area contributed by atoms with Crippen molar-refractivity contribution >= 4 is 5.91 Å². The molecular weight excluding hydrogens is 380 g/mol. The number of nitrogens with one attached hydrogen (secondary N) is 1. The van der Waals surface area contributed by atoms with Crippen LogP contribution in [0.25, 0.3) is 0 Å². The Morgan fingerprint density at radius 1 is 0.933 bits per heavy atom. The Labute approximate surface area is 179 Å². The summed E-state index contributed by atoms with van der Waals surface area (Å²) in [6.45, 7) is 0. The normalized spacial score (nSPS) is 52.2. The van der Waals surface area contributed by atoms with Crippen LogP contribution in [0.4, 0.5) is 0 Å². The SMILES string of the molecule is N[C@H]1CC[C@H](NC(=O)CC2CCCC3(C2)OOC2(O3)C3CC4CC(C3)CC2C4)CC1. The van der Waals surface area contributed by atoms with Crippen LogP contribution in [0, 0.1) is 29.6 Å². The van der Waals surface area contributed by atoms with E-state index in [2.05, 4.69) is 5.32 Å². The lowest BCUT2D eigenvalue weighted by Gasteiger charge is -2.57. The van der Waals surface area contributed by atoms with Crippen LogP contribution in [0.3, 0.4) is 0 Å². The molecule has 0 aromatic rings. The van der Waals surface area contributed by atoms with Crippen molar-refractivity contribution in [3.8, 4) is 0 Å². The summed E-state index contributed by atoms with van der Waals surface area (Å²) in [5, 5.41) is 3.26. The standard InChI is InChI=1S/C24H38N2O4/c25-20-3-5-21(6-4-20)26-22(27)13-15-2-1-7-23(14-15)28-24(30-29-23)18-9-16-8-17(11-18)12-19(24)10-16/h15-21H,1-14,25H2,(H,26,27)/t15?,16?,17?,18?,19?,20-,21-,23?,24?. The fourth-order valence-corrected chi connectivity index (χ4v) is 8.07. The minimum atomic E-state index is -0.629. The van der Waals surface area contributed by atoms with Crippen LogP contribution >= 0.6 is 0 Å². The van der Waals surface area contributed by atoms with E-state index in [4.69, 9.17) is 20.2 Å². The quantitative estimate of drug-likeness (QED) is 0.682. The van der Waals surface area contributed by atoms with Gasteiger partial charge in [0.2, 0.25) is 17.5 Å². The van der Waals surface area contributed by atoms with Crippen LogP contribution in [0.5, 0.6) is 0 Å². The molecule has 7 rings (SSSR count). The molecule has 1 aliphatic heterocycles. The van der Waals surface area contributed by atoms with E-state index in [1.807, 2.05) is 0 Å². The van der Waals surface area contributed by atoms with Crippen LogP contribution in [-0.2, 0) is 19.3 Å². The third kappa shape index (κ3) is 3.42. The van der Waals surface area contributed by atoms with E-state index in [0.717, 1.165) is 63.2 Å². The molecule has 6 nitrogen and oxygen atoms in total. The molecular formula is C24H38N2O4. The Morgan fingerprint density at radius 3 is 2.33 bits per heavy atom. The fourth-order valence-electron chi connectivity index (χ4n) is 8.07. The number of nitrogens with two attached hydrogens (primary N) is 1. The summed E-state index contributed by atoms with van der Waals surface area (Å²) < 4.78 is 6.84. The smallest absolute Gasteiger partial charge is 0.220 e. The lowest BCUT2D eigenvalue weighted by molar-refractivity contribution is -0.390. The van der Waals surface area contributed by atoms with Gasteiger partial charge < -0.3 is 15.8 Å². The maximum atomic E-state index is 12.7. The maximum absolute atomic E-state index is 12.7. The summed E-state index contributed by atoms with van der Waals surface area (Å²) in [5.74, 6) is 2.09. The molecule has 1 saturated heterocycles. The Hall–Kier alpha value is -0.690. The summed E-state index contributed by atoms with van der Waals surface area (Å²) in [5.41, 5.74) is 5.99. The van der Waals surface area contributed by atoms with Gasteiger partial charge in [0, 0.05) is 43.2 Å². The van der Waals surface area contributed by atoms with Crippen LogP contribution in [-0.4, -0.2) is 29.6 Å². The van der Waals surface area contributed by atoms with Gasteiger partial charge in [-0.3, -0.25) is 4.79 Å². The first-order valence-corrected chi connectivity index (χ1v) is 12.6. The molecule has 6 saturated carbocycles. The molecule has 0 radical (unpaired) electrons. The zero-order valence-corrected chi connectivity index (χ0v) is 18.2. The maximum Gasteiger partial charge on any atom is 0.220 e. The van der Waals surface area contributed by atoms with Gasteiger partial charge in [0.05, 0.1) is 0 Å². The predicted molar refractivity (Wildman–Crippen MR) is 111 cm³/mol. The van der Waals surface area contributed by atoms with E-state index in [1.165, 1.54) is 32.1 Å². The summed E-state index contributed by atoms with van der Waals surface area (Å²) in [4.78, 5) is 24.9. The van der Waals surface area contributed by atoms with Crippen LogP contribution < -0.4 is 11.1 Å². The van der Waals surface area contributed by atoms with E-state index in [9.17, 15) is 4.79 Å². The molecule has 1 heterocycles. The second kappa shape index (κ2) is 7.43. The molecule has 0 aromatic heterocycles. The highest BCUT2D eigenvalue weighted by Crippen LogP contribution is 2.64. The van der Waals surface area contributed by atoms with Crippen molar-refractivity contribution in [3.63, 3.8) is 0 Å². The third-order valence-electron chi connectivity index (χ3n) is 9.33. The van der Waals surface area contributed by atoms with Gasteiger partial charge in [-0.25, -0.2) is 0 Å². The first-order chi connectivity index (χ1) is 14.5. The number of ether oxygens (including phenoxy) is 1. The number of amides is 1. The Morgan fingerprint density at radius 2 is 1.63 bits per heavy atom. The molecule has 2 atom stereocenters. The predicted octanol–water partition coefficient (Wildman–Crippen LogP) is 3.78. The van der Waals surface area contributed by atoms with Gasteiger partial charge in [-0.05, 0) is 88.4 Å². The molecule has 0 aromatic carbocycles. The number of rotatable bonds is 3. The van der Waals surface area contributed by atoms with Gasteiger partial charge >= 0.3 is 0 Å². The van der Waals surface area contributed by atoms with Crippen molar-refractivity contribution in [2.24, 2.45) is 35.3 Å². The first kappa shape index (κ1) is 20.0. The number of carbonyl (C=O) groups excluding carboxylic acids is 1. The van der Waals surface area contributed by atoms with E-state index < -0.39 is 11.6 Å². The van der Waals surface area contributed by atoms with Crippen molar-refractivity contribution in [1.29, 1.82) is 0 Å². The number of hydrogen-bond donors (Lipinski definition) is 2. The van der Waals surface area contributed by atoms with Crippen LogP contribution in [0.15, 0.2) is 0 Å².